The van der Waals surface area contributed by atoms with Crippen LogP contribution in [0.5, 0.6) is 5.75 Å². The van der Waals surface area contributed by atoms with E-state index >= 15 is 0 Å². The van der Waals surface area contributed by atoms with Crippen LogP contribution in [0.2, 0.25) is 0 Å². The van der Waals surface area contributed by atoms with Crippen LogP contribution in [-0.4, -0.2) is 7.11 Å². The molecule has 0 saturated heterocycles. The van der Waals surface area contributed by atoms with Crippen LogP contribution in [0.3, 0.4) is 0 Å². The van der Waals surface area contributed by atoms with Gasteiger partial charge in [0.1, 0.15) is 5.75 Å². The molecule has 0 atom stereocenters. The fraction of sp³-hybridized carbons (Fsp3) is 0.333. The molecule has 0 spiro atoms. The lowest BCUT2D eigenvalue weighted by Crippen LogP contribution is -1.85. The number of hydrogen-bond acceptors (Lipinski definition) is 1. The van der Waals surface area contributed by atoms with Gasteiger partial charge in [-0.15, -0.1) is 0 Å². The van der Waals surface area contributed by atoms with Gasteiger partial charge in [0.2, 0.25) is 0 Å². The maximum atomic E-state index is 4.99. The van der Waals surface area contributed by atoms with Crippen LogP contribution in [0.1, 0.15) is 11.1 Å². The highest BCUT2D eigenvalue weighted by molar-refractivity contribution is 5.32. The van der Waals surface area contributed by atoms with Crippen molar-refractivity contribution in [3.05, 3.63) is 29.3 Å². The molecule has 53 valence electrons. The monoisotopic (exact) mass is 135 g/mol. The van der Waals surface area contributed by atoms with Crippen molar-refractivity contribution in [3.63, 3.8) is 0 Å². The molecule has 1 radical (unpaired) electrons. The average molecular weight is 135 g/mol. The molecule has 1 rings (SSSR count). The molecular formula is C9H11O. The Labute approximate surface area is 61.6 Å². The van der Waals surface area contributed by atoms with Gasteiger partial charge in [0.15, 0.2) is 0 Å². The average Bonchev–Trinajstić information content (AvgIpc) is 1.95. The van der Waals surface area contributed by atoms with Crippen LogP contribution in [0, 0.1) is 19.9 Å². The Kier molecular flexibility index (Phi) is 1.95. The van der Waals surface area contributed by atoms with Gasteiger partial charge < -0.3 is 4.74 Å². The van der Waals surface area contributed by atoms with Gasteiger partial charge in [-0.3, -0.25) is 0 Å². The van der Waals surface area contributed by atoms with Gasteiger partial charge in [-0.05, 0) is 37.1 Å². The third-order valence-corrected chi connectivity index (χ3v) is 1.62. The topological polar surface area (TPSA) is 9.23 Å². The first-order valence-electron chi connectivity index (χ1n) is 3.27. The molecule has 0 saturated carbocycles. The van der Waals surface area contributed by atoms with E-state index in [4.69, 9.17) is 4.74 Å². The molecule has 1 aromatic carbocycles. The van der Waals surface area contributed by atoms with Gasteiger partial charge in [0.05, 0.1) is 7.11 Å². The molecule has 10 heavy (non-hydrogen) atoms. The molecule has 1 heteroatoms. The Balaban J connectivity index is 3.04. The van der Waals surface area contributed by atoms with Crippen molar-refractivity contribution in [3.8, 4) is 5.75 Å². The predicted octanol–water partition coefficient (Wildman–Crippen LogP) is 2.11. The van der Waals surface area contributed by atoms with E-state index in [0.29, 0.717) is 0 Å². The van der Waals surface area contributed by atoms with Crippen molar-refractivity contribution >= 4 is 0 Å². The highest BCUT2D eigenvalue weighted by atomic mass is 16.5. The summed E-state index contributed by atoms with van der Waals surface area (Å²) in [5.74, 6) is 0.808. The summed E-state index contributed by atoms with van der Waals surface area (Å²) in [5, 5.41) is 0. The Morgan fingerprint density at radius 3 is 2.50 bits per heavy atom. The lowest BCUT2D eigenvalue weighted by Gasteiger charge is -2.01. The second kappa shape index (κ2) is 2.74. The number of hydrogen-bond donors (Lipinski definition) is 0. The molecule has 0 aromatic heterocycles. The first kappa shape index (κ1) is 7.13. The van der Waals surface area contributed by atoms with E-state index in [9.17, 15) is 0 Å². The first-order chi connectivity index (χ1) is 4.74. The normalized spacial score (nSPS) is 9.50. The summed E-state index contributed by atoms with van der Waals surface area (Å²) in [6.45, 7) is 4.12. The summed E-state index contributed by atoms with van der Waals surface area (Å²) in [6.07, 6.45) is 0. The van der Waals surface area contributed by atoms with Gasteiger partial charge >= 0.3 is 0 Å². The third-order valence-electron chi connectivity index (χ3n) is 1.62. The summed E-state index contributed by atoms with van der Waals surface area (Å²) < 4.78 is 4.99. The van der Waals surface area contributed by atoms with Crippen molar-refractivity contribution in [2.45, 2.75) is 13.8 Å². The molecule has 0 amide bonds. The highest BCUT2D eigenvalue weighted by Crippen LogP contribution is 2.14. The zero-order chi connectivity index (χ0) is 7.56. The second-order valence-electron chi connectivity index (χ2n) is 2.37. The zero-order valence-corrected chi connectivity index (χ0v) is 6.56. The van der Waals surface area contributed by atoms with Gasteiger partial charge in [0, 0.05) is 6.07 Å². The van der Waals surface area contributed by atoms with Gasteiger partial charge in [-0.2, -0.15) is 0 Å². The Bertz CT molecular complexity index is 228. The molecule has 1 nitrogen and oxygen atoms in total. The summed E-state index contributed by atoms with van der Waals surface area (Å²) in [6, 6.07) is 6.93. The summed E-state index contributed by atoms with van der Waals surface area (Å²) in [5.41, 5.74) is 2.50. The van der Waals surface area contributed by atoms with Gasteiger partial charge in [-0.1, -0.05) is 0 Å². The van der Waals surface area contributed by atoms with E-state index in [0.717, 1.165) is 5.75 Å². The number of rotatable bonds is 1. The van der Waals surface area contributed by atoms with Crippen LogP contribution in [0.15, 0.2) is 12.1 Å². The van der Waals surface area contributed by atoms with E-state index in [1.165, 1.54) is 11.1 Å². The minimum Gasteiger partial charge on any atom is -0.496 e. The number of methoxy groups -OCH3 is 1. The Morgan fingerprint density at radius 1 is 1.30 bits per heavy atom. The molecule has 0 fully saturated rings. The maximum absolute atomic E-state index is 4.99. The lowest BCUT2D eigenvalue weighted by atomic mass is 10.1. The smallest absolute Gasteiger partial charge is 0.127 e. The minimum absolute atomic E-state index is 0.808. The number of aryl methyl sites for hydroxylation is 2. The molecule has 1 aromatic rings. The molecule has 0 unspecified atom stereocenters. The first-order valence-corrected chi connectivity index (χ1v) is 3.27. The standard InChI is InChI=1S/C9H11O/c1-7-4-5-9(10-3)6-8(7)2/h4,6H,1-3H3. The molecule has 0 aliphatic rings. The maximum Gasteiger partial charge on any atom is 0.127 e. The van der Waals surface area contributed by atoms with Crippen LogP contribution in [-0.2, 0) is 0 Å². The highest BCUT2D eigenvalue weighted by Gasteiger charge is 1.93. The molecule has 0 bridgehead atoms. The van der Waals surface area contributed by atoms with Crippen molar-refractivity contribution in [1.29, 1.82) is 0 Å². The van der Waals surface area contributed by atoms with Crippen LogP contribution in [0.4, 0.5) is 0 Å². The summed E-state index contributed by atoms with van der Waals surface area (Å²) >= 11 is 0. The largest absolute Gasteiger partial charge is 0.496 e. The second-order valence-corrected chi connectivity index (χ2v) is 2.37. The van der Waals surface area contributed by atoms with Crippen molar-refractivity contribution in [1.82, 2.24) is 0 Å². The molecule has 0 aliphatic heterocycles. The van der Waals surface area contributed by atoms with Gasteiger partial charge in [-0.25, -0.2) is 0 Å². The number of ether oxygens (including phenoxy) is 1. The lowest BCUT2D eigenvalue weighted by molar-refractivity contribution is 0.413. The van der Waals surface area contributed by atoms with E-state index in [1.54, 1.807) is 7.11 Å². The Morgan fingerprint density at radius 2 is 2.00 bits per heavy atom. The molecule has 0 N–H and O–H groups in total. The summed E-state index contributed by atoms with van der Waals surface area (Å²) in [4.78, 5) is 0. The van der Waals surface area contributed by atoms with Gasteiger partial charge in [0.25, 0.3) is 0 Å². The van der Waals surface area contributed by atoms with Crippen molar-refractivity contribution < 1.29 is 4.74 Å². The Hall–Kier alpha value is -0.980. The summed E-state index contributed by atoms with van der Waals surface area (Å²) in [7, 11) is 1.65. The SMILES string of the molecule is COc1[c]cc(C)c(C)c1. The fourth-order valence-corrected chi connectivity index (χ4v) is 0.763. The van der Waals surface area contributed by atoms with Crippen molar-refractivity contribution in [2.75, 3.05) is 7.11 Å². The van der Waals surface area contributed by atoms with E-state index in [-0.39, 0.29) is 0 Å². The third kappa shape index (κ3) is 1.29. The zero-order valence-electron chi connectivity index (χ0n) is 6.56. The van der Waals surface area contributed by atoms with Crippen LogP contribution in [0.25, 0.3) is 0 Å². The van der Waals surface area contributed by atoms with Crippen LogP contribution < -0.4 is 4.74 Å². The van der Waals surface area contributed by atoms with E-state index < -0.39 is 0 Å². The molecule has 0 heterocycles. The van der Waals surface area contributed by atoms with Crippen molar-refractivity contribution in [2.24, 2.45) is 0 Å². The predicted molar refractivity (Wildman–Crippen MR) is 41.3 cm³/mol. The molecule has 0 aliphatic carbocycles. The van der Waals surface area contributed by atoms with E-state index in [2.05, 4.69) is 19.9 Å². The van der Waals surface area contributed by atoms with Crippen LogP contribution >= 0.6 is 0 Å². The number of benzene rings is 1. The minimum atomic E-state index is 0.808. The molecular weight excluding hydrogens is 124 g/mol. The fourth-order valence-electron chi connectivity index (χ4n) is 0.763. The van der Waals surface area contributed by atoms with E-state index in [1.807, 2.05) is 12.1 Å². The quantitative estimate of drug-likeness (QED) is 0.573.